The minimum Gasteiger partial charge on any atom is -0.475 e. The van der Waals surface area contributed by atoms with Crippen molar-refractivity contribution in [1.29, 1.82) is 0 Å². The molecule has 6 rings (SSSR count). The van der Waals surface area contributed by atoms with Gasteiger partial charge >= 0.3 is 24.3 Å². The van der Waals surface area contributed by atoms with Gasteiger partial charge < -0.3 is 20.5 Å². The van der Waals surface area contributed by atoms with E-state index in [-0.39, 0.29) is 6.04 Å². The van der Waals surface area contributed by atoms with Crippen molar-refractivity contribution in [3.05, 3.63) is 41.8 Å². The van der Waals surface area contributed by atoms with Gasteiger partial charge in [-0.2, -0.15) is 31.3 Å². The minimum absolute atomic E-state index is 0.250. The summed E-state index contributed by atoms with van der Waals surface area (Å²) in [5.41, 5.74) is 7.86. The zero-order valence-electron chi connectivity index (χ0n) is 20.6. The Kier molecular flexibility index (Phi) is 9.23. The van der Waals surface area contributed by atoms with E-state index >= 15 is 0 Å². The van der Waals surface area contributed by atoms with Crippen molar-refractivity contribution < 1.29 is 50.7 Å². The summed E-state index contributed by atoms with van der Waals surface area (Å²) in [6.07, 6.45) is 3.57. The Balaban J connectivity index is 0.000000251. The highest BCUT2D eigenvalue weighted by molar-refractivity contribution is 5.73. The molecule has 0 radical (unpaired) electrons. The third-order valence-electron chi connectivity index (χ3n) is 7.19. The number of alkyl halides is 6. The Morgan fingerprint density at radius 1 is 0.949 bits per heavy atom. The van der Waals surface area contributed by atoms with Crippen LogP contribution in [0.1, 0.15) is 61.8 Å². The molecular weight excluding hydrogens is 538 g/mol. The minimum atomic E-state index is -5.08. The number of hydrogen-bond acceptors (Lipinski definition) is 7. The topological polar surface area (TPSA) is 152 Å². The van der Waals surface area contributed by atoms with Crippen LogP contribution >= 0.6 is 0 Å². The standard InChI is InChI=1S/C20H26N4O.2C2HF3O2/c21-17(8-13-1-3-22-4-2-13)19-23-18(24-25-19)12-20-9-14-5-15(10-20)7-16(6-14)11-20;2*3-2(4,5)1(6)7/h1-4,14-17H,5-12,21H2;2*(H,6,7). The summed E-state index contributed by atoms with van der Waals surface area (Å²) in [5, 5.41) is 18.5. The highest BCUT2D eigenvalue weighted by Crippen LogP contribution is 2.60. The van der Waals surface area contributed by atoms with E-state index in [1.54, 1.807) is 12.4 Å². The molecule has 4 N–H and O–H groups in total. The third kappa shape index (κ3) is 8.63. The van der Waals surface area contributed by atoms with Crippen LogP contribution in [0.3, 0.4) is 0 Å². The van der Waals surface area contributed by atoms with Crippen LogP contribution in [0.15, 0.2) is 29.0 Å². The molecule has 0 spiro atoms. The van der Waals surface area contributed by atoms with E-state index in [2.05, 4.69) is 15.1 Å². The van der Waals surface area contributed by atoms with Crippen LogP contribution in [0.25, 0.3) is 0 Å². The number of nitrogens with zero attached hydrogens (tertiary/aromatic N) is 3. The van der Waals surface area contributed by atoms with Crippen LogP contribution in [-0.2, 0) is 22.4 Å². The first kappa shape index (κ1) is 30.3. The first-order chi connectivity index (χ1) is 18.1. The SMILES string of the molecule is NC(Cc1ccncc1)c1nc(CC23CC4CC(CC(C4)C2)C3)no1.O=C(O)C(F)(F)F.O=C(O)C(F)(F)F. The maximum absolute atomic E-state index is 10.6. The Hall–Kier alpha value is -3.23. The Bertz CT molecular complexity index is 1060. The molecule has 39 heavy (non-hydrogen) atoms. The summed E-state index contributed by atoms with van der Waals surface area (Å²) < 4.78 is 69.0. The van der Waals surface area contributed by atoms with E-state index in [0.29, 0.717) is 17.7 Å². The highest BCUT2D eigenvalue weighted by atomic mass is 19.4. The number of hydrogen-bond donors (Lipinski definition) is 3. The van der Waals surface area contributed by atoms with Gasteiger partial charge in [0, 0.05) is 18.8 Å². The van der Waals surface area contributed by atoms with Crippen LogP contribution in [-0.4, -0.2) is 49.6 Å². The van der Waals surface area contributed by atoms with Gasteiger partial charge in [-0.25, -0.2) is 9.59 Å². The zero-order valence-corrected chi connectivity index (χ0v) is 20.6. The summed E-state index contributed by atoms with van der Waals surface area (Å²) in [4.78, 5) is 26.5. The molecule has 4 saturated carbocycles. The van der Waals surface area contributed by atoms with Gasteiger partial charge in [-0.1, -0.05) is 5.16 Å². The smallest absolute Gasteiger partial charge is 0.475 e. The van der Waals surface area contributed by atoms with E-state index in [0.717, 1.165) is 35.6 Å². The number of aromatic nitrogens is 3. The number of rotatable bonds is 5. The monoisotopic (exact) mass is 566 g/mol. The molecule has 9 nitrogen and oxygen atoms in total. The molecule has 4 aliphatic rings. The number of carbonyl (C=O) groups is 2. The molecule has 4 fully saturated rings. The largest absolute Gasteiger partial charge is 0.490 e. The van der Waals surface area contributed by atoms with Crippen molar-refractivity contribution >= 4 is 11.9 Å². The number of pyridine rings is 1. The Labute approximate surface area is 218 Å². The van der Waals surface area contributed by atoms with Gasteiger partial charge in [-0.3, -0.25) is 4.98 Å². The summed E-state index contributed by atoms with van der Waals surface area (Å²) in [5.74, 6) is -1.23. The molecule has 0 amide bonds. The van der Waals surface area contributed by atoms with Crippen molar-refractivity contribution in [2.24, 2.45) is 28.9 Å². The predicted octanol–water partition coefficient (Wildman–Crippen LogP) is 4.73. The number of aliphatic carboxylic acids is 2. The molecule has 2 aromatic heterocycles. The van der Waals surface area contributed by atoms with Crippen molar-refractivity contribution in [3.8, 4) is 0 Å². The summed E-state index contributed by atoms with van der Waals surface area (Å²) in [7, 11) is 0. The fourth-order valence-electron chi connectivity index (χ4n) is 6.19. The van der Waals surface area contributed by atoms with Crippen LogP contribution in [0.2, 0.25) is 0 Å². The fourth-order valence-corrected chi connectivity index (χ4v) is 6.19. The van der Waals surface area contributed by atoms with E-state index < -0.39 is 24.3 Å². The second kappa shape index (κ2) is 11.9. The predicted molar refractivity (Wildman–Crippen MR) is 121 cm³/mol. The molecule has 0 aliphatic heterocycles. The van der Waals surface area contributed by atoms with Gasteiger partial charge in [0.2, 0.25) is 5.89 Å². The van der Waals surface area contributed by atoms with Gasteiger partial charge in [0.25, 0.3) is 0 Å². The lowest BCUT2D eigenvalue weighted by atomic mass is 9.49. The molecule has 15 heteroatoms. The molecule has 0 saturated heterocycles. The first-order valence-electron chi connectivity index (χ1n) is 12.1. The van der Waals surface area contributed by atoms with Crippen molar-refractivity contribution in [2.75, 3.05) is 0 Å². The Morgan fingerprint density at radius 2 is 1.38 bits per heavy atom. The molecule has 216 valence electrons. The molecule has 4 aliphatic carbocycles. The van der Waals surface area contributed by atoms with Gasteiger partial charge in [0.15, 0.2) is 5.82 Å². The zero-order chi connectivity index (χ0) is 29.0. The van der Waals surface area contributed by atoms with E-state index in [9.17, 15) is 26.3 Å². The normalized spacial score (nSPS) is 26.1. The Morgan fingerprint density at radius 3 is 1.79 bits per heavy atom. The summed E-state index contributed by atoms with van der Waals surface area (Å²) in [6.45, 7) is 0. The maximum Gasteiger partial charge on any atom is 0.490 e. The molecule has 1 unspecified atom stereocenters. The second-order valence-corrected chi connectivity index (χ2v) is 10.4. The maximum atomic E-state index is 10.6. The number of carboxylic acid groups (broad SMARTS) is 2. The van der Waals surface area contributed by atoms with Gasteiger partial charge in [0.05, 0.1) is 6.04 Å². The quantitative estimate of drug-likeness (QED) is 0.436. The van der Waals surface area contributed by atoms with Crippen molar-refractivity contribution in [3.63, 3.8) is 0 Å². The fraction of sp³-hybridized carbons (Fsp3) is 0.625. The first-order valence-corrected chi connectivity index (χ1v) is 12.1. The summed E-state index contributed by atoms with van der Waals surface area (Å²) in [6, 6.07) is 3.71. The summed E-state index contributed by atoms with van der Waals surface area (Å²) >= 11 is 0. The molecular formula is C24H28F6N4O5. The lowest BCUT2D eigenvalue weighted by molar-refractivity contribution is -0.193. The number of carboxylic acids is 2. The van der Waals surface area contributed by atoms with E-state index in [4.69, 9.17) is 30.1 Å². The van der Waals surface area contributed by atoms with Gasteiger partial charge in [-0.05, 0) is 85.8 Å². The lowest BCUT2D eigenvalue weighted by Gasteiger charge is -2.56. The van der Waals surface area contributed by atoms with Crippen LogP contribution in [0.5, 0.6) is 0 Å². The van der Waals surface area contributed by atoms with Gasteiger partial charge in [-0.15, -0.1) is 0 Å². The highest BCUT2D eigenvalue weighted by Gasteiger charge is 2.51. The molecule has 1 atom stereocenters. The third-order valence-corrected chi connectivity index (χ3v) is 7.19. The van der Waals surface area contributed by atoms with Gasteiger partial charge in [0.1, 0.15) is 0 Å². The molecule has 4 bridgehead atoms. The molecule has 2 heterocycles. The van der Waals surface area contributed by atoms with Crippen LogP contribution < -0.4 is 5.73 Å². The van der Waals surface area contributed by atoms with Crippen LogP contribution in [0, 0.1) is 23.2 Å². The van der Waals surface area contributed by atoms with E-state index in [1.165, 1.54) is 38.5 Å². The molecule has 2 aromatic rings. The van der Waals surface area contributed by atoms with Crippen molar-refractivity contribution in [2.45, 2.75) is 69.8 Å². The van der Waals surface area contributed by atoms with Crippen molar-refractivity contribution in [1.82, 2.24) is 15.1 Å². The van der Waals surface area contributed by atoms with Crippen LogP contribution in [0.4, 0.5) is 26.3 Å². The average Bonchev–Trinajstić information content (AvgIpc) is 3.26. The lowest BCUT2D eigenvalue weighted by Crippen LogP contribution is -2.47. The number of halogens is 6. The number of nitrogens with two attached hydrogens (primary N) is 1. The molecule has 0 aromatic carbocycles. The second-order valence-electron chi connectivity index (χ2n) is 10.4. The van der Waals surface area contributed by atoms with E-state index in [1.807, 2.05) is 12.1 Å². The average molecular weight is 566 g/mol.